The van der Waals surface area contributed by atoms with Crippen LogP contribution >= 0.6 is 0 Å². The summed E-state index contributed by atoms with van der Waals surface area (Å²) >= 11 is 0. The van der Waals surface area contributed by atoms with E-state index in [-0.39, 0.29) is 75.2 Å². The number of aliphatic carboxylic acids is 1. The molecule has 0 aliphatic carbocycles. The number of nitrogens with zero attached hydrogens (tertiary/aromatic N) is 6. The number of aromatic nitrogens is 12. The molecule has 0 unspecified atom stereocenters. The van der Waals surface area contributed by atoms with Crippen molar-refractivity contribution in [3.63, 3.8) is 0 Å². The zero-order chi connectivity index (χ0) is 55.2. The van der Waals surface area contributed by atoms with Crippen molar-refractivity contribution in [2.45, 2.75) is 76.9 Å². The Morgan fingerprint density at radius 2 is 0.869 bits per heavy atom. The molecule has 22 nitrogen and oxygen atoms in total. The van der Waals surface area contributed by atoms with Gasteiger partial charge in [-0.25, -0.2) is 9.59 Å². The van der Waals surface area contributed by atoms with Gasteiger partial charge in [0.2, 0.25) is 0 Å². The van der Waals surface area contributed by atoms with Crippen LogP contribution in [-0.4, -0.2) is 121 Å². The average molecular weight is 1150 g/mol. The van der Waals surface area contributed by atoms with Crippen LogP contribution in [0, 0.1) is 0 Å². The lowest BCUT2D eigenvalue weighted by Gasteiger charge is -1.97. The number of carboxylic acid groups (broad SMARTS) is 2. The van der Waals surface area contributed by atoms with Crippen LogP contribution in [0.1, 0.15) is 101 Å². The maximum Gasteiger partial charge on any atom is 0.357 e. The molecule has 6 aromatic carbocycles. The first kappa shape index (κ1) is 71.4. The van der Waals surface area contributed by atoms with Crippen LogP contribution in [0.5, 0.6) is 0 Å². The van der Waals surface area contributed by atoms with Crippen molar-refractivity contribution < 1.29 is 48.8 Å². The van der Waals surface area contributed by atoms with Crippen LogP contribution < -0.4 is 0 Å². The van der Waals surface area contributed by atoms with Crippen LogP contribution in [-0.2, 0) is 43.3 Å². The van der Waals surface area contributed by atoms with Gasteiger partial charge in [-0.3, -0.25) is 45.0 Å². The predicted octanol–water partition coefficient (Wildman–Crippen LogP) is 12.5. The van der Waals surface area contributed by atoms with Crippen molar-refractivity contribution in [3.8, 4) is 0 Å². The van der Waals surface area contributed by atoms with Crippen LogP contribution in [0.4, 0.5) is 0 Å². The Kier molecular flexibility index (Phi) is 30.5. The Balaban J connectivity index is 0.000000499. The van der Waals surface area contributed by atoms with Crippen molar-refractivity contribution >= 4 is 102 Å². The number of carboxylic acids is 2. The first-order valence-electron chi connectivity index (χ1n) is 23.9. The highest BCUT2D eigenvalue weighted by atomic mass is 16.5. The molecule has 22 heteroatoms. The molecule has 12 aromatic rings. The number of esters is 2. The number of fused-ring (bicyclic) bond motifs is 6. The third kappa shape index (κ3) is 19.0. The molecule has 6 aromatic heterocycles. The fourth-order valence-corrected chi connectivity index (χ4v) is 7.63. The van der Waals surface area contributed by atoms with Gasteiger partial charge in [0.05, 0.1) is 78.2 Å². The van der Waals surface area contributed by atoms with Gasteiger partial charge in [-0.15, -0.1) is 0 Å². The van der Waals surface area contributed by atoms with Crippen LogP contribution in [0.3, 0.4) is 0 Å². The van der Waals surface area contributed by atoms with Crippen molar-refractivity contribution in [3.05, 3.63) is 186 Å². The van der Waals surface area contributed by atoms with E-state index >= 15 is 0 Å². The zero-order valence-corrected chi connectivity index (χ0v) is 42.0. The quantitative estimate of drug-likeness (QED) is 0.0330. The van der Waals surface area contributed by atoms with Gasteiger partial charge in [-0.1, -0.05) is 154 Å². The second-order valence-electron chi connectivity index (χ2n) is 16.5. The number of hydrogen-bond acceptors (Lipinski definition) is 14. The molecule has 84 heavy (non-hydrogen) atoms. The molecule has 9 N–H and O–H groups in total. The number of H-pyrrole nitrogens is 6. The molecular weight excluding hydrogens is 1070 g/mol. The zero-order valence-electron chi connectivity index (χ0n) is 42.0. The lowest BCUT2D eigenvalue weighted by molar-refractivity contribution is -0.140. The number of aryl methyl sites for hydroxylation is 2. The van der Waals surface area contributed by atoms with Crippen LogP contribution in [0.25, 0.3) is 71.5 Å². The lowest BCUT2D eigenvalue weighted by atomic mass is 10.1. The summed E-state index contributed by atoms with van der Waals surface area (Å²) in [5.74, 6) is -2.38. The molecule has 0 amide bonds. The van der Waals surface area contributed by atoms with E-state index in [2.05, 4.69) is 70.7 Å². The summed E-state index contributed by atoms with van der Waals surface area (Å²) in [6, 6.07) is 45.5. The molecule has 6 heterocycles. The highest BCUT2D eigenvalue weighted by Crippen LogP contribution is 2.20. The SMILES string of the molecule is C.C.C.C.C.C.COC(=O)/C=C\c1n[nH]c2ccccc12.COC(=O)CCc1[nH]nc2ccccc12.O=C(O)CCc1[nH]nc2ccccc12.O=C(O)c1n[nH]c2ccccc12.O=Cc1[nH]nc2ccccc12.OCc1[nH]nc2ccccc12. The van der Waals surface area contributed by atoms with Gasteiger partial charge in [0, 0.05) is 62.6 Å². The minimum atomic E-state index is -1.01. The van der Waals surface area contributed by atoms with Gasteiger partial charge in [0.25, 0.3) is 0 Å². The van der Waals surface area contributed by atoms with Gasteiger partial charge in [-0.05, 0) is 42.5 Å². The Labute approximate surface area is 486 Å². The highest BCUT2D eigenvalue weighted by molar-refractivity contribution is 6.01. The van der Waals surface area contributed by atoms with Gasteiger partial charge in [0.15, 0.2) is 12.0 Å². The van der Waals surface area contributed by atoms with E-state index in [0.29, 0.717) is 30.3 Å². The Hall–Kier alpha value is -10.6. The number of carbonyl (C=O) groups is 5. The van der Waals surface area contributed by atoms with Gasteiger partial charge < -0.3 is 24.8 Å². The second kappa shape index (κ2) is 35.9. The Morgan fingerprint density at radius 1 is 0.464 bits per heavy atom. The van der Waals surface area contributed by atoms with E-state index in [1.807, 2.05) is 127 Å². The van der Waals surface area contributed by atoms with Crippen molar-refractivity contribution in [1.82, 2.24) is 61.2 Å². The van der Waals surface area contributed by atoms with Crippen LogP contribution in [0.2, 0.25) is 0 Å². The monoisotopic (exact) mass is 1150 g/mol. The maximum atomic E-state index is 11.0. The first-order chi connectivity index (χ1) is 38.0. The normalized spacial score (nSPS) is 9.80. The van der Waals surface area contributed by atoms with Gasteiger partial charge in [-0.2, -0.15) is 30.6 Å². The summed E-state index contributed by atoms with van der Waals surface area (Å²) in [5, 5.41) is 72.3. The summed E-state index contributed by atoms with van der Waals surface area (Å²) in [6.45, 7) is 0.0144. The van der Waals surface area contributed by atoms with E-state index in [9.17, 15) is 24.0 Å². The average Bonchev–Trinajstić information content (AvgIpc) is 4.58. The van der Waals surface area contributed by atoms with E-state index < -0.39 is 11.9 Å². The number of nitrogens with one attached hydrogen (secondary N) is 6. The first-order valence-corrected chi connectivity index (χ1v) is 23.9. The number of para-hydroxylation sites is 6. The number of aldehydes is 1. The Morgan fingerprint density at radius 3 is 1.35 bits per heavy atom. The number of rotatable bonds is 11. The van der Waals surface area contributed by atoms with E-state index in [1.165, 1.54) is 20.3 Å². The van der Waals surface area contributed by atoms with Crippen molar-refractivity contribution in [2.24, 2.45) is 0 Å². The second-order valence-corrected chi connectivity index (χ2v) is 16.5. The number of aliphatic hydroxyl groups excluding tert-OH is 1. The molecule has 444 valence electrons. The van der Waals surface area contributed by atoms with E-state index in [0.717, 1.165) is 89.1 Å². The molecular formula is C62H76N12O10. The largest absolute Gasteiger partial charge is 0.481 e. The molecule has 0 radical (unpaired) electrons. The summed E-state index contributed by atoms with van der Waals surface area (Å²) in [5.41, 5.74) is 9.23. The van der Waals surface area contributed by atoms with Crippen LogP contribution in [0.15, 0.2) is 152 Å². The smallest absolute Gasteiger partial charge is 0.357 e. The fourth-order valence-electron chi connectivity index (χ4n) is 7.63. The number of carbonyl (C=O) groups excluding carboxylic acids is 3. The number of aromatic carboxylic acids is 1. The maximum absolute atomic E-state index is 11.0. The number of ether oxygens (including phenoxy) is 2. The van der Waals surface area contributed by atoms with E-state index in [4.69, 9.17) is 15.3 Å². The summed E-state index contributed by atoms with van der Waals surface area (Å²) in [4.78, 5) is 53.3. The molecule has 0 bridgehead atoms. The number of hydrogen-bond donors (Lipinski definition) is 9. The number of aromatic amines is 6. The minimum Gasteiger partial charge on any atom is -0.481 e. The Bertz CT molecular complexity index is 3960. The molecule has 0 aliphatic heterocycles. The molecule has 0 saturated carbocycles. The topological polar surface area (TPSA) is 337 Å². The minimum absolute atomic E-state index is 0. The third-order valence-corrected chi connectivity index (χ3v) is 11.5. The lowest BCUT2D eigenvalue weighted by Crippen LogP contribution is -2.02. The number of aliphatic hydroxyl groups is 1. The molecule has 0 aliphatic rings. The van der Waals surface area contributed by atoms with E-state index in [1.54, 1.807) is 24.3 Å². The summed E-state index contributed by atoms with van der Waals surface area (Å²) < 4.78 is 9.08. The van der Waals surface area contributed by atoms with Gasteiger partial charge >= 0.3 is 23.9 Å². The molecule has 12 rings (SSSR count). The highest BCUT2D eigenvalue weighted by Gasteiger charge is 2.12. The summed E-state index contributed by atoms with van der Waals surface area (Å²) in [7, 11) is 2.74. The molecule has 0 spiro atoms. The summed E-state index contributed by atoms with van der Waals surface area (Å²) in [6.07, 6.45) is 5.39. The van der Waals surface area contributed by atoms with Crippen molar-refractivity contribution in [1.29, 1.82) is 0 Å². The van der Waals surface area contributed by atoms with Crippen molar-refractivity contribution in [2.75, 3.05) is 14.2 Å². The predicted molar refractivity (Wildman–Crippen MR) is 333 cm³/mol. The molecule has 0 fully saturated rings. The molecule has 0 saturated heterocycles. The molecule has 0 atom stereocenters. The third-order valence-electron chi connectivity index (χ3n) is 11.5. The fraction of sp³-hybridized carbons (Fsp3) is 0.210. The standard InChI is InChI=1S/C11H12N2O2.C11H10N2O2.C10H10N2O2.C8H6N2O2.C8H8N2O.C8H6N2O.6CH4/c2*1-15-11(14)7-6-10-8-4-2-3-5-9(8)12-13-10;13-10(14)6-5-9-7-3-1-2-4-8(7)11-12-9;11-8(12)7-5-3-1-2-4-6(5)9-10-7;2*11-5-8-6-3-1-2-4-7(6)9-10-8;;;;;;/h2-5H,6-7H2,1H3,(H,12,13);2-7H,1H3,(H,12,13);1-4H,5-6H2,(H,11,12)(H,13,14);1-4H,(H,9,10)(H,11,12);1-4,11H,5H2,(H,9,10);1-5H,(H,9,10);6*1H4/b;7-6-;;;;;;;;;;. The number of benzene rings is 6. The van der Waals surface area contributed by atoms with Gasteiger partial charge in [0.1, 0.15) is 5.69 Å². The number of methoxy groups -OCH3 is 2.